The van der Waals surface area contributed by atoms with Gasteiger partial charge in [0, 0.05) is 17.7 Å². The average molecular weight is 355 g/mol. The number of aromatic hydroxyl groups is 1. The smallest absolute Gasteiger partial charge is 0.407 e. The number of methoxy groups -OCH3 is 1. The molecule has 1 amide bonds. The molecule has 26 heavy (non-hydrogen) atoms. The Hall–Kier alpha value is -3.28. The molecule has 6 nitrogen and oxygen atoms in total. The van der Waals surface area contributed by atoms with Crippen molar-refractivity contribution >= 4 is 18.5 Å². The monoisotopic (exact) mass is 355 g/mol. The molecule has 0 radical (unpaired) electrons. The topological polar surface area (TPSA) is 84.9 Å². The molecule has 0 aromatic heterocycles. The van der Waals surface area contributed by atoms with Crippen LogP contribution in [0.15, 0.2) is 48.5 Å². The molecule has 0 unspecified atom stereocenters. The van der Waals surface area contributed by atoms with Crippen LogP contribution in [0.4, 0.5) is 4.79 Å². The molecular weight excluding hydrogens is 334 g/mol. The van der Waals surface area contributed by atoms with E-state index in [0.29, 0.717) is 30.4 Å². The van der Waals surface area contributed by atoms with E-state index in [1.807, 2.05) is 30.3 Å². The van der Waals surface area contributed by atoms with Crippen LogP contribution in [0.1, 0.15) is 27.9 Å². The van der Waals surface area contributed by atoms with Gasteiger partial charge in [-0.25, -0.2) is 4.79 Å². The first-order chi connectivity index (χ1) is 12.6. The van der Waals surface area contributed by atoms with Gasteiger partial charge in [-0.1, -0.05) is 42.5 Å². The Balaban J connectivity index is 1.78. The highest BCUT2D eigenvalue weighted by Crippen LogP contribution is 2.31. The molecule has 2 rings (SSSR count). The molecule has 2 N–H and O–H groups in total. The third-order valence-corrected chi connectivity index (χ3v) is 3.57. The lowest BCUT2D eigenvalue weighted by molar-refractivity contribution is 0.112. The molecule has 136 valence electrons. The zero-order valence-electron chi connectivity index (χ0n) is 14.5. The van der Waals surface area contributed by atoms with Crippen molar-refractivity contribution in [2.75, 3.05) is 13.7 Å². The first-order valence-corrected chi connectivity index (χ1v) is 8.11. The molecule has 6 heteroatoms. The fourth-order valence-electron chi connectivity index (χ4n) is 2.24. The number of hydrogen-bond donors (Lipinski definition) is 2. The highest BCUT2D eigenvalue weighted by atomic mass is 16.5. The number of rotatable bonds is 8. The number of phenolic OH excluding ortho intramolecular Hbond substituents is 1. The van der Waals surface area contributed by atoms with Gasteiger partial charge in [0.1, 0.15) is 12.9 Å². The summed E-state index contributed by atoms with van der Waals surface area (Å²) in [6.07, 6.45) is 4.18. The Kier molecular flexibility index (Phi) is 7.24. The van der Waals surface area contributed by atoms with E-state index in [4.69, 9.17) is 9.47 Å². The van der Waals surface area contributed by atoms with E-state index in [2.05, 4.69) is 5.32 Å². The highest BCUT2D eigenvalue weighted by Gasteiger charge is 2.08. The second-order valence-electron chi connectivity index (χ2n) is 5.46. The Morgan fingerprint density at radius 3 is 2.69 bits per heavy atom. The molecule has 0 spiro atoms. The van der Waals surface area contributed by atoms with Gasteiger partial charge in [0.2, 0.25) is 0 Å². The summed E-state index contributed by atoms with van der Waals surface area (Å²) in [6, 6.07) is 12.4. The molecule has 0 atom stereocenters. The maximum Gasteiger partial charge on any atom is 0.407 e. The minimum absolute atomic E-state index is 0.0374. The predicted molar refractivity (Wildman–Crippen MR) is 98.3 cm³/mol. The summed E-state index contributed by atoms with van der Waals surface area (Å²) in [7, 11) is 1.42. The van der Waals surface area contributed by atoms with Gasteiger partial charge in [0.15, 0.2) is 11.5 Å². The largest absolute Gasteiger partial charge is 0.504 e. The molecule has 0 saturated heterocycles. The molecule has 2 aromatic rings. The van der Waals surface area contributed by atoms with E-state index in [1.165, 1.54) is 13.2 Å². The summed E-state index contributed by atoms with van der Waals surface area (Å²) < 4.78 is 10.1. The number of phenols is 1. The Bertz CT molecular complexity index is 771. The molecule has 0 heterocycles. The quantitative estimate of drug-likeness (QED) is 0.559. The van der Waals surface area contributed by atoms with E-state index in [9.17, 15) is 14.7 Å². The lowest BCUT2D eigenvalue weighted by Crippen LogP contribution is -2.24. The summed E-state index contributed by atoms with van der Waals surface area (Å²) in [4.78, 5) is 22.5. The fourth-order valence-corrected chi connectivity index (χ4v) is 2.24. The molecule has 2 aromatic carbocycles. The lowest BCUT2D eigenvalue weighted by atomic mass is 10.1. The third kappa shape index (κ3) is 5.66. The van der Waals surface area contributed by atoms with Gasteiger partial charge in [0.05, 0.1) is 7.11 Å². The minimum atomic E-state index is -0.491. The Labute approximate surface area is 152 Å². The fraction of sp³-hybridized carbons (Fsp3) is 0.200. The standard InChI is InChI=1S/C20H21NO5/c1-25-18-12-16(13-22)11-17(19(18)23)9-5-6-10-21-20(24)26-14-15-7-3-2-4-8-15/h2-5,7-9,11-13,23H,6,10,14H2,1H3,(H,21,24). The zero-order chi connectivity index (χ0) is 18.8. The van der Waals surface area contributed by atoms with Gasteiger partial charge >= 0.3 is 6.09 Å². The van der Waals surface area contributed by atoms with Crippen LogP contribution >= 0.6 is 0 Å². The van der Waals surface area contributed by atoms with Crippen LogP contribution in [0.3, 0.4) is 0 Å². The molecule has 0 aliphatic carbocycles. The van der Waals surface area contributed by atoms with Gasteiger partial charge in [0.25, 0.3) is 0 Å². The van der Waals surface area contributed by atoms with Crippen LogP contribution in [0.5, 0.6) is 11.5 Å². The van der Waals surface area contributed by atoms with Crippen molar-refractivity contribution in [3.8, 4) is 11.5 Å². The maximum absolute atomic E-state index is 11.6. The molecule has 0 aliphatic heterocycles. The van der Waals surface area contributed by atoms with Gasteiger partial charge < -0.3 is 19.9 Å². The number of aldehydes is 1. The average Bonchev–Trinajstić information content (AvgIpc) is 2.68. The molecule has 0 saturated carbocycles. The summed E-state index contributed by atoms with van der Waals surface area (Å²) in [5, 5.41) is 12.7. The van der Waals surface area contributed by atoms with Crippen molar-refractivity contribution in [3.05, 3.63) is 65.2 Å². The van der Waals surface area contributed by atoms with Crippen molar-refractivity contribution in [3.63, 3.8) is 0 Å². The number of benzene rings is 2. The lowest BCUT2D eigenvalue weighted by Gasteiger charge is -2.07. The van der Waals surface area contributed by atoms with Gasteiger partial charge in [-0.15, -0.1) is 0 Å². The molecule has 0 aliphatic rings. The van der Waals surface area contributed by atoms with Crippen LogP contribution in [-0.2, 0) is 11.3 Å². The summed E-state index contributed by atoms with van der Waals surface area (Å²) in [5.41, 5.74) is 1.79. The number of amides is 1. The van der Waals surface area contributed by atoms with Crippen molar-refractivity contribution < 1.29 is 24.2 Å². The van der Waals surface area contributed by atoms with Gasteiger partial charge in [-0.3, -0.25) is 4.79 Å². The van der Waals surface area contributed by atoms with Crippen LogP contribution in [0.25, 0.3) is 6.08 Å². The number of hydrogen-bond acceptors (Lipinski definition) is 5. The van der Waals surface area contributed by atoms with E-state index in [-0.39, 0.29) is 18.1 Å². The Morgan fingerprint density at radius 2 is 2.00 bits per heavy atom. The number of ether oxygens (including phenoxy) is 2. The molecule has 0 fully saturated rings. The minimum Gasteiger partial charge on any atom is -0.504 e. The number of alkyl carbamates (subject to hydrolysis) is 1. The van der Waals surface area contributed by atoms with Crippen LogP contribution in [0, 0.1) is 0 Å². The molecule has 0 bridgehead atoms. The Morgan fingerprint density at radius 1 is 1.23 bits per heavy atom. The number of nitrogens with one attached hydrogen (secondary N) is 1. The zero-order valence-corrected chi connectivity index (χ0v) is 14.5. The van der Waals surface area contributed by atoms with Gasteiger partial charge in [-0.2, -0.15) is 0 Å². The van der Waals surface area contributed by atoms with E-state index >= 15 is 0 Å². The van der Waals surface area contributed by atoms with E-state index < -0.39 is 6.09 Å². The number of carbonyl (C=O) groups excluding carboxylic acids is 2. The first kappa shape index (κ1) is 19.1. The number of carbonyl (C=O) groups is 2. The SMILES string of the molecule is COc1cc(C=O)cc(C=CCCNC(=O)OCc2ccccc2)c1O. The van der Waals surface area contributed by atoms with Crippen molar-refractivity contribution in [2.24, 2.45) is 0 Å². The second kappa shape index (κ2) is 9.88. The van der Waals surface area contributed by atoms with Crippen LogP contribution < -0.4 is 10.1 Å². The second-order valence-corrected chi connectivity index (χ2v) is 5.46. The maximum atomic E-state index is 11.6. The van der Waals surface area contributed by atoms with E-state index in [1.54, 1.807) is 18.2 Å². The van der Waals surface area contributed by atoms with Crippen molar-refractivity contribution in [2.45, 2.75) is 13.0 Å². The summed E-state index contributed by atoms with van der Waals surface area (Å²) >= 11 is 0. The summed E-state index contributed by atoms with van der Waals surface area (Å²) in [5.74, 6) is 0.196. The normalized spacial score (nSPS) is 10.5. The third-order valence-electron chi connectivity index (χ3n) is 3.57. The predicted octanol–water partition coefficient (Wildman–Crippen LogP) is 3.54. The summed E-state index contributed by atoms with van der Waals surface area (Å²) in [6.45, 7) is 0.601. The van der Waals surface area contributed by atoms with Crippen LogP contribution in [0.2, 0.25) is 0 Å². The van der Waals surface area contributed by atoms with Crippen molar-refractivity contribution in [1.82, 2.24) is 5.32 Å². The highest BCUT2D eigenvalue weighted by molar-refractivity contribution is 5.79. The first-order valence-electron chi connectivity index (χ1n) is 8.11. The van der Waals surface area contributed by atoms with E-state index in [0.717, 1.165) is 5.56 Å². The van der Waals surface area contributed by atoms with Crippen LogP contribution in [-0.4, -0.2) is 31.1 Å². The molecular formula is C20H21NO5. The van der Waals surface area contributed by atoms with Crippen molar-refractivity contribution in [1.29, 1.82) is 0 Å². The van der Waals surface area contributed by atoms with Gasteiger partial charge in [-0.05, 0) is 24.1 Å².